The molecule has 1 rings (SSSR count). The monoisotopic (exact) mass is 332 g/mol. The van der Waals surface area contributed by atoms with Gasteiger partial charge in [-0.05, 0) is 41.4 Å². The Hall–Kier alpha value is -0.390. The third-order valence-electron chi connectivity index (χ3n) is 2.68. The summed E-state index contributed by atoms with van der Waals surface area (Å²) in [6.07, 6.45) is 3.41. The van der Waals surface area contributed by atoms with Gasteiger partial charge >= 0.3 is 0 Å². The van der Waals surface area contributed by atoms with Crippen LogP contribution in [-0.4, -0.2) is 18.5 Å². The van der Waals surface area contributed by atoms with E-state index in [1.54, 1.807) is 11.3 Å². The van der Waals surface area contributed by atoms with Gasteiger partial charge in [-0.2, -0.15) is 0 Å². The van der Waals surface area contributed by atoms with Gasteiger partial charge in [-0.1, -0.05) is 19.8 Å². The number of amides is 1. The van der Waals surface area contributed by atoms with Crippen LogP contribution in [0.3, 0.4) is 0 Å². The predicted molar refractivity (Wildman–Crippen MR) is 80.9 cm³/mol. The van der Waals surface area contributed by atoms with Crippen molar-refractivity contribution in [2.75, 3.05) is 6.54 Å². The smallest absolute Gasteiger partial charge is 0.236 e. The summed E-state index contributed by atoms with van der Waals surface area (Å²) in [5.74, 6) is 0.0849. The minimum absolute atomic E-state index is 0.0849. The lowest BCUT2D eigenvalue weighted by Crippen LogP contribution is -2.42. The number of thiophene rings is 1. The van der Waals surface area contributed by atoms with Crippen LogP contribution in [0.25, 0.3) is 0 Å². The van der Waals surface area contributed by atoms with Crippen molar-refractivity contribution in [2.45, 2.75) is 45.7 Å². The average Bonchev–Trinajstić information content (AvgIpc) is 2.77. The first-order valence-corrected chi connectivity index (χ1v) is 7.99. The van der Waals surface area contributed by atoms with Crippen LogP contribution in [0.15, 0.2) is 15.9 Å². The standard InChI is InChI=1S/C13H21BrN2OS/c1-3-4-5-8-15-13(17)10(2)16-9-11-6-7-12(14)18-11/h6-7,10,16H,3-5,8-9H2,1-2H3,(H,15,17). The molecule has 1 amide bonds. The van der Waals surface area contributed by atoms with Crippen LogP contribution < -0.4 is 10.6 Å². The second kappa shape index (κ2) is 8.67. The van der Waals surface area contributed by atoms with E-state index >= 15 is 0 Å². The zero-order valence-corrected chi connectivity index (χ0v) is 13.4. The minimum atomic E-state index is -0.146. The Balaban J connectivity index is 2.19. The molecule has 0 saturated carbocycles. The Morgan fingerprint density at radius 1 is 1.44 bits per heavy atom. The Morgan fingerprint density at radius 3 is 2.83 bits per heavy atom. The van der Waals surface area contributed by atoms with E-state index < -0.39 is 0 Å². The number of carbonyl (C=O) groups is 1. The number of rotatable bonds is 8. The lowest BCUT2D eigenvalue weighted by molar-refractivity contribution is -0.122. The Kier molecular flexibility index (Phi) is 7.54. The maximum absolute atomic E-state index is 11.8. The van der Waals surface area contributed by atoms with Crippen LogP contribution >= 0.6 is 27.3 Å². The van der Waals surface area contributed by atoms with Crippen molar-refractivity contribution in [3.8, 4) is 0 Å². The highest BCUT2D eigenvalue weighted by molar-refractivity contribution is 9.11. The zero-order chi connectivity index (χ0) is 13.4. The summed E-state index contributed by atoms with van der Waals surface area (Å²) in [6.45, 7) is 5.58. The summed E-state index contributed by atoms with van der Waals surface area (Å²) in [7, 11) is 0. The molecular formula is C13H21BrN2OS. The van der Waals surface area contributed by atoms with Crippen molar-refractivity contribution in [3.63, 3.8) is 0 Å². The van der Waals surface area contributed by atoms with Crippen LogP contribution in [0, 0.1) is 0 Å². The van der Waals surface area contributed by atoms with Crippen molar-refractivity contribution < 1.29 is 4.79 Å². The third-order valence-corrected chi connectivity index (χ3v) is 4.31. The first-order valence-electron chi connectivity index (χ1n) is 6.38. The fourth-order valence-corrected chi connectivity index (χ4v) is 2.97. The molecule has 102 valence electrons. The molecular weight excluding hydrogens is 312 g/mol. The van der Waals surface area contributed by atoms with Crippen LogP contribution in [0.2, 0.25) is 0 Å². The number of hydrogen-bond donors (Lipinski definition) is 2. The first kappa shape index (κ1) is 15.7. The van der Waals surface area contributed by atoms with Crippen LogP contribution in [0.1, 0.15) is 38.0 Å². The highest BCUT2D eigenvalue weighted by Crippen LogP contribution is 2.21. The molecule has 1 atom stereocenters. The molecule has 0 spiro atoms. The van der Waals surface area contributed by atoms with E-state index in [1.807, 2.05) is 13.0 Å². The average molecular weight is 333 g/mol. The van der Waals surface area contributed by atoms with Gasteiger partial charge < -0.3 is 10.6 Å². The molecule has 0 fully saturated rings. The van der Waals surface area contributed by atoms with Crippen molar-refractivity contribution in [1.29, 1.82) is 0 Å². The number of unbranched alkanes of at least 4 members (excludes halogenated alkanes) is 2. The highest BCUT2D eigenvalue weighted by atomic mass is 79.9. The minimum Gasteiger partial charge on any atom is -0.355 e. The maximum Gasteiger partial charge on any atom is 0.236 e. The Labute approximate surface area is 121 Å². The SMILES string of the molecule is CCCCCNC(=O)C(C)NCc1ccc(Br)s1. The van der Waals surface area contributed by atoms with Crippen LogP contribution in [0.5, 0.6) is 0 Å². The van der Waals surface area contributed by atoms with Gasteiger partial charge in [0.2, 0.25) is 5.91 Å². The summed E-state index contributed by atoms with van der Waals surface area (Å²) in [5, 5.41) is 6.18. The predicted octanol–water partition coefficient (Wildman–Crippen LogP) is 3.30. The van der Waals surface area contributed by atoms with E-state index in [-0.39, 0.29) is 11.9 Å². The van der Waals surface area contributed by atoms with Gasteiger partial charge in [-0.3, -0.25) is 4.79 Å². The fourth-order valence-electron chi connectivity index (χ4n) is 1.53. The molecule has 1 aromatic rings. The van der Waals surface area contributed by atoms with Gasteiger partial charge in [0.05, 0.1) is 9.83 Å². The first-order chi connectivity index (χ1) is 8.63. The maximum atomic E-state index is 11.8. The number of nitrogens with one attached hydrogen (secondary N) is 2. The molecule has 2 N–H and O–H groups in total. The van der Waals surface area contributed by atoms with E-state index in [4.69, 9.17) is 0 Å². The van der Waals surface area contributed by atoms with Crippen molar-refractivity contribution in [3.05, 3.63) is 20.8 Å². The Bertz CT molecular complexity index is 368. The van der Waals surface area contributed by atoms with Gasteiger partial charge in [0, 0.05) is 18.0 Å². The van der Waals surface area contributed by atoms with Gasteiger partial charge in [0.15, 0.2) is 0 Å². The van der Waals surface area contributed by atoms with E-state index in [0.717, 1.165) is 23.3 Å². The second-order valence-electron chi connectivity index (χ2n) is 4.31. The van der Waals surface area contributed by atoms with Gasteiger partial charge in [0.25, 0.3) is 0 Å². The van der Waals surface area contributed by atoms with Crippen LogP contribution in [0.4, 0.5) is 0 Å². The number of hydrogen-bond acceptors (Lipinski definition) is 3. The second-order valence-corrected chi connectivity index (χ2v) is 6.85. The lowest BCUT2D eigenvalue weighted by Gasteiger charge is -2.13. The van der Waals surface area contributed by atoms with Crippen molar-refractivity contribution in [2.24, 2.45) is 0 Å². The molecule has 5 heteroatoms. The highest BCUT2D eigenvalue weighted by Gasteiger charge is 2.11. The lowest BCUT2D eigenvalue weighted by atomic mass is 10.2. The normalized spacial score (nSPS) is 12.4. The molecule has 0 aliphatic heterocycles. The molecule has 0 aromatic carbocycles. The van der Waals surface area contributed by atoms with E-state index in [1.165, 1.54) is 17.7 Å². The summed E-state index contributed by atoms with van der Waals surface area (Å²) < 4.78 is 1.12. The molecule has 0 bridgehead atoms. The van der Waals surface area contributed by atoms with Crippen LogP contribution in [-0.2, 0) is 11.3 Å². The number of halogens is 1. The van der Waals surface area contributed by atoms with E-state index in [0.29, 0.717) is 0 Å². The van der Waals surface area contributed by atoms with Gasteiger partial charge in [0.1, 0.15) is 0 Å². The summed E-state index contributed by atoms with van der Waals surface area (Å²) in [4.78, 5) is 13.0. The number of carbonyl (C=O) groups excluding carboxylic acids is 1. The molecule has 1 aromatic heterocycles. The molecule has 1 unspecified atom stereocenters. The molecule has 1 heterocycles. The van der Waals surface area contributed by atoms with Gasteiger partial charge in [-0.25, -0.2) is 0 Å². The zero-order valence-electron chi connectivity index (χ0n) is 11.0. The van der Waals surface area contributed by atoms with E-state index in [2.05, 4.69) is 39.6 Å². The summed E-state index contributed by atoms with van der Waals surface area (Å²) in [5.41, 5.74) is 0. The third kappa shape index (κ3) is 5.98. The van der Waals surface area contributed by atoms with Crippen molar-refractivity contribution in [1.82, 2.24) is 10.6 Å². The molecule has 0 aliphatic carbocycles. The molecule has 0 radical (unpaired) electrons. The van der Waals surface area contributed by atoms with Gasteiger partial charge in [-0.15, -0.1) is 11.3 Å². The molecule has 18 heavy (non-hydrogen) atoms. The summed E-state index contributed by atoms with van der Waals surface area (Å²) in [6, 6.07) is 3.94. The Morgan fingerprint density at radius 2 is 2.22 bits per heavy atom. The largest absolute Gasteiger partial charge is 0.355 e. The van der Waals surface area contributed by atoms with E-state index in [9.17, 15) is 4.79 Å². The fraction of sp³-hybridized carbons (Fsp3) is 0.615. The topological polar surface area (TPSA) is 41.1 Å². The molecule has 0 aliphatic rings. The molecule has 0 saturated heterocycles. The summed E-state index contributed by atoms with van der Waals surface area (Å²) >= 11 is 5.12. The van der Waals surface area contributed by atoms with Crippen molar-refractivity contribution >= 4 is 33.2 Å². The quantitative estimate of drug-likeness (QED) is 0.717. The molecule has 3 nitrogen and oxygen atoms in total.